The molecule has 0 saturated heterocycles. The molecule has 0 aromatic carbocycles. The van der Waals surface area contributed by atoms with Gasteiger partial charge in [0.15, 0.2) is 0 Å². The summed E-state index contributed by atoms with van der Waals surface area (Å²) < 4.78 is 0. The number of aromatic nitrogens is 2. The predicted octanol–water partition coefficient (Wildman–Crippen LogP) is 1.25. The van der Waals surface area contributed by atoms with Crippen LogP contribution >= 0.6 is 0 Å². The lowest BCUT2D eigenvalue weighted by atomic mass is 10.1. The second kappa shape index (κ2) is 5.45. The van der Waals surface area contributed by atoms with Crippen LogP contribution in [-0.4, -0.2) is 27.5 Å². The molecule has 0 radical (unpaired) electrons. The van der Waals surface area contributed by atoms with Crippen molar-refractivity contribution in [2.24, 2.45) is 0 Å². The van der Waals surface area contributed by atoms with Crippen LogP contribution in [0.3, 0.4) is 0 Å². The Kier molecular flexibility index (Phi) is 4.23. The molecule has 84 valence electrons. The van der Waals surface area contributed by atoms with Crippen LogP contribution in [0.25, 0.3) is 0 Å². The second-order valence-electron chi connectivity index (χ2n) is 3.33. The molecule has 0 fully saturated rings. The van der Waals surface area contributed by atoms with Crippen molar-refractivity contribution in [1.82, 2.24) is 15.3 Å². The molecule has 0 aliphatic rings. The highest BCUT2D eigenvalue weighted by molar-refractivity contribution is 5.15. The first-order chi connectivity index (χ1) is 7.17. The summed E-state index contributed by atoms with van der Waals surface area (Å²) in [5.41, 5.74) is 0. The minimum Gasteiger partial charge on any atom is -0.358 e. The van der Waals surface area contributed by atoms with Gasteiger partial charge >= 0.3 is 5.82 Å². The van der Waals surface area contributed by atoms with Crippen LogP contribution in [0.4, 0.5) is 5.82 Å². The zero-order valence-corrected chi connectivity index (χ0v) is 8.99. The molecule has 0 bridgehead atoms. The SMILES string of the molecule is CCNC(CC)Cc1nc([N+](=O)[O-])c[nH]1. The van der Waals surface area contributed by atoms with Crippen molar-refractivity contribution in [2.75, 3.05) is 6.54 Å². The number of imidazole rings is 1. The van der Waals surface area contributed by atoms with Gasteiger partial charge in [0, 0.05) is 12.5 Å². The standard InChI is InChI=1S/C9H16N4O2/c1-3-7(10-4-2)5-8-11-6-9(12-8)13(14)15/h6-7,10H,3-5H2,1-2H3,(H,11,12). The molecular formula is C9H16N4O2. The molecule has 2 N–H and O–H groups in total. The topological polar surface area (TPSA) is 83.8 Å². The molecule has 0 saturated carbocycles. The molecule has 6 heteroatoms. The Labute approximate surface area is 88.3 Å². The normalized spacial score (nSPS) is 12.7. The molecule has 1 aromatic rings. The predicted molar refractivity (Wildman–Crippen MR) is 56.7 cm³/mol. The van der Waals surface area contributed by atoms with Gasteiger partial charge in [0.2, 0.25) is 5.82 Å². The van der Waals surface area contributed by atoms with E-state index in [1.54, 1.807) is 0 Å². The average molecular weight is 212 g/mol. The molecule has 1 heterocycles. The van der Waals surface area contributed by atoms with Crippen molar-refractivity contribution < 1.29 is 4.92 Å². The summed E-state index contributed by atoms with van der Waals surface area (Å²) in [7, 11) is 0. The van der Waals surface area contributed by atoms with Gasteiger partial charge in [0.25, 0.3) is 0 Å². The Morgan fingerprint density at radius 1 is 1.67 bits per heavy atom. The first-order valence-electron chi connectivity index (χ1n) is 5.09. The summed E-state index contributed by atoms with van der Waals surface area (Å²) in [5, 5.41) is 13.7. The van der Waals surface area contributed by atoms with Crippen LogP contribution in [0.15, 0.2) is 6.20 Å². The summed E-state index contributed by atoms with van der Waals surface area (Å²) >= 11 is 0. The van der Waals surface area contributed by atoms with Crippen molar-refractivity contribution in [3.05, 3.63) is 22.1 Å². The molecule has 6 nitrogen and oxygen atoms in total. The summed E-state index contributed by atoms with van der Waals surface area (Å²) in [6.45, 7) is 5.00. The largest absolute Gasteiger partial charge is 0.381 e. The van der Waals surface area contributed by atoms with Crippen LogP contribution in [-0.2, 0) is 6.42 Å². The van der Waals surface area contributed by atoms with Crippen LogP contribution in [0.1, 0.15) is 26.1 Å². The Morgan fingerprint density at radius 2 is 2.40 bits per heavy atom. The van der Waals surface area contributed by atoms with Gasteiger partial charge in [-0.2, -0.15) is 0 Å². The monoisotopic (exact) mass is 212 g/mol. The van der Waals surface area contributed by atoms with Gasteiger partial charge in [-0.05, 0) is 22.9 Å². The zero-order chi connectivity index (χ0) is 11.3. The lowest BCUT2D eigenvalue weighted by Gasteiger charge is -2.11. The van der Waals surface area contributed by atoms with Crippen molar-refractivity contribution in [1.29, 1.82) is 0 Å². The molecular weight excluding hydrogens is 196 g/mol. The van der Waals surface area contributed by atoms with E-state index in [1.165, 1.54) is 6.20 Å². The Hall–Kier alpha value is -1.43. The van der Waals surface area contributed by atoms with E-state index in [2.05, 4.69) is 22.2 Å². The van der Waals surface area contributed by atoms with E-state index in [-0.39, 0.29) is 5.82 Å². The summed E-state index contributed by atoms with van der Waals surface area (Å²) in [4.78, 5) is 16.6. The average Bonchev–Trinajstić information content (AvgIpc) is 2.65. The van der Waals surface area contributed by atoms with Crippen molar-refractivity contribution in [3.63, 3.8) is 0 Å². The van der Waals surface area contributed by atoms with E-state index < -0.39 is 4.92 Å². The number of likely N-dealkylation sites (N-methyl/N-ethyl adjacent to an activating group) is 1. The minimum absolute atomic E-state index is 0.114. The molecule has 1 unspecified atom stereocenters. The third kappa shape index (κ3) is 3.32. The zero-order valence-electron chi connectivity index (χ0n) is 8.99. The Balaban J connectivity index is 2.59. The Bertz CT molecular complexity index is 324. The fourth-order valence-electron chi connectivity index (χ4n) is 1.43. The van der Waals surface area contributed by atoms with Gasteiger partial charge < -0.3 is 20.4 Å². The highest BCUT2D eigenvalue weighted by atomic mass is 16.6. The lowest BCUT2D eigenvalue weighted by Crippen LogP contribution is -2.30. The lowest BCUT2D eigenvalue weighted by molar-refractivity contribution is -0.389. The smallest absolute Gasteiger partial charge is 0.358 e. The van der Waals surface area contributed by atoms with Crippen molar-refractivity contribution in [2.45, 2.75) is 32.7 Å². The summed E-state index contributed by atoms with van der Waals surface area (Å²) in [6.07, 6.45) is 2.99. The number of hydrogen-bond acceptors (Lipinski definition) is 4. The third-order valence-corrected chi connectivity index (χ3v) is 2.23. The van der Waals surface area contributed by atoms with Crippen LogP contribution in [0, 0.1) is 10.1 Å². The fourth-order valence-corrected chi connectivity index (χ4v) is 1.43. The molecule has 0 aliphatic heterocycles. The fraction of sp³-hybridized carbons (Fsp3) is 0.667. The second-order valence-corrected chi connectivity index (χ2v) is 3.33. The number of aromatic amines is 1. The van der Waals surface area contributed by atoms with E-state index in [1.807, 2.05) is 6.92 Å². The van der Waals surface area contributed by atoms with Crippen LogP contribution in [0.5, 0.6) is 0 Å². The van der Waals surface area contributed by atoms with Gasteiger partial charge in [-0.15, -0.1) is 0 Å². The summed E-state index contributed by atoms with van der Waals surface area (Å²) in [5.74, 6) is 0.547. The van der Waals surface area contributed by atoms with Gasteiger partial charge in [0.1, 0.15) is 6.20 Å². The molecule has 1 atom stereocenters. The molecule has 0 amide bonds. The van der Waals surface area contributed by atoms with Gasteiger partial charge in [-0.3, -0.25) is 0 Å². The molecule has 1 aromatic heterocycles. The van der Waals surface area contributed by atoms with E-state index in [0.29, 0.717) is 18.3 Å². The first-order valence-corrected chi connectivity index (χ1v) is 5.09. The van der Waals surface area contributed by atoms with Gasteiger partial charge in [-0.1, -0.05) is 13.8 Å². The molecule has 0 aliphatic carbocycles. The number of H-pyrrole nitrogens is 1. The number of hydrogen-bond donors (Lipinski definition) is 2. The van der Waals surface area contributed by atoms with E-state index in [4.69, 9.17) is 0 Å². The molecule has 1 rings (SSSR count). The Morgan fingerprint density at radius 3 is 2.87 bits per heavy atom. The number of rotatable bonds is 6. The number of nitrogens with zero attached hydrogens (tertiary/aromatic N) is 2. The third-order valence-electron chi connectivity index (χ3n) is 2.23. The van der Waals surface area contributed by atoms with E-state index in [9.17, 15) is 10.1 Å². The van der Waals surface area contributed by atoms with Gasteiger partial charge in [-0.25, -0.2) is 0 Å². The maximum atomic E-state index is 10.4. The molecule has 15 heavy (non-hydrogen) atoms. The number of nitrogens with one attached hydrogen (secondary N) is 2. The van der Waals surface area contributed by atoms with E-state index in [0.717, 1.165) is 13.0 Å². The van der Waals surface area contributed by atoms with Crippen LogP contribution in [0.2, 0.25) is 0 Å². The van der Waals surface area contributed by atoms with Crippen molar-refractivity contribution in [3.8, 4) is 0 Å². The maximum absolute atomic E-state index is 10.4. The van der Waals surface area contributed by atoms with E-state index >= 15 is 0 Å². The molecule has 0 spiro atoms. The number of nitro groups is 1. The van der Waals surface area contributed by atoms with Crippen LogP contribution < -0.4 is 5.32 Å². The highest BCUT2D eigenvalue weighted by Crippen LogP contribution is 2.08. The summed E-state index contributed by atoms with van der Waals surface area (Å²) in [6, 6.07) is 0.320. The van der Waals surface area contributed by atoms with Crippen molar-refractivity contribution >= 4 is 5.82 Å². The highest BCUT2D eigenvalue weighted by Gasteiger charge is 2.16. The quantitative estimate of drug-likeness (QED) is 0.549. The minimum atomic E-state index is -0.492. The van der Waals surface area contributed by atoms with Gasteiger partial charge in [0.05, 0.1) is 0 Å². The maximum Gasteiger partial charge on any atom is 0.381 e. The first kappa shape index (κ1) is 11.6.